The normalized spacial score (nSPS) is 10.5. The number of aryl methyl sites for hydroxylation is 2. The van der Waals surface area contributed by atoms with E-state index in [1.807, 2.05) is 44.2 Å². The van der Waals surface area contributed by atoms with Crippen LogP contribution in [0.2, 0.25) is 0 Å². The monoisotopic (exact) mass is 317 g/mol. The van der Waals surface area contributed by atoms with E-state index < -0.39 is 0 Å². The van der Waals surface area contributed by atoms with E-state index in [2.05, 4.69) is 28.5 Å². The Balaban J connectivity index is 2.10. The molecule has 0 bridgehead atoms. The minimum Gasteiger partial charge on any atom is -0.311 e. The van der Waals surface area contributed by atoms with Crippen LogP contribution in [0.1, 0.15) is 18.3 Å². The van der Waals surface area contributed by atoms with Crippen LogP contribution in [-0.4, -0.2) is 15.9 Å². The summed E-state index contributed by atoms with van der Waals surface area (Å²) in [4.78, 5) is 20.1. The molecule has 0 radical (unpaired) electrons. The van der Waals surface area contributed by atoms with Crippen LogP contribution in [0, 0.1) is 13.8 Å². The number of benzene rings is 1. The predicted octanol–water partition coefficient (Wildman–Crippen LogP) is 4.39. The Labute approximate surface area is 141 Å². The Bertz CT molecular complexity index is 889. The average Bonchev–Trinajstić information content (AvgIpc) is 2.55. The molecule has 1 amide bonds. The minimum absolute atomic E-state index is 0.136. The second kappa shape index (κ2) is 6.62. The van der Waals surface area contributed by atoms with Gasteiger partial charge in [0, 0.05) is 35.6 Å². The standard InChI is InChI=1S/C20H19N3O/c1-13-18(16-7-5-4-6-8-16)12-19(14(2)22-13)17-9-10-21-20(11-17)23-15(3)24/h4-12H,1-3H3,(H,21,23,24). The van der Waals surface area contributed by atoms with E-state index in [9.17, 15) is 4.79 Å². The number of nitrogens with one attached hydrogen (secondary N) is 1. The number of carbonyl (C=O) groups excluding carboxylic acids is 1. The van der Waals surface area contributed by atoms with Crippen LogP contribution >= 0.6 is 0 Å². The molecule has 0 aliphatic rings. The first-order valence-electron chi connectivity index (χ1n) is 7.82. The van der Waals surface area contributed by atoms with E-state index in [0.29, 0.717) is 5.82 Å². The zero-order valence-electron chi connectivity index (χ0n) is 14.0. The van der Waals surface area contributed by atoms with Gasteiger partial charge in [-0.05, 0) is 43.2 Å². The lowest BCUT2D eigenvalue weighted by molar-refractivity contribution is -0.114. The lowest BCUT2D eigenvalue weighted by atomic mass is 9.97. The number of aromatic nitrogens is 2. The summed E-state index contributed by atoms with van der Waals surface area (Å²) >= 11 is 0. The van der Waals surface area contributed by atoms with Gasteiger partial charge in [0.1, 0.15) is 5.82 Å². The summed E-state index contributed by atoms with van der Waals surface area (Å²) < 4.78 is 0. The summed E-state index contributed by atoms with van der Waals surface area (Å²) in [6, 6.07) is 16.2. The Hall–Kier alpha value is -3.01. The van der Waals surface area contributed by atoms with Gasteiger partial charge in [-0.15, -0.1) is 0 Å². The fourth-order valence-corrected chi connectivity index (χ4v) is 2.77. The average molecular weight is 317 g/mol. The third-order valence-electron chi connectivity index (χ3n) is 3.86. The highest BCUT2D eigenvalue weighted by atomic mass is 16.1. The van der Waals surface area contributed by atoms with Crippen molar-refractivity contribution in [2.24, 2.45) is 0 Å². The zero-order valence-corrected chi connectivity index (χ0v) is 14.0. The summed E-state index contributed by atoms with van der Waals surface area (Å²) in [7, 11) is 0. The SMILES string of the molecule is CC(=O)Nc1cc(-c2cc(-c3ccccc3)c(C)nc2C)ccn1. The summed E-state index contributed by atoms with van der Waals surface area (Å²) in [6.45, 7) is 5.49. The Morgan fingerprint density at radius 1 is 0.917 bits per heavy atom. The van der Waals surface area contributed by atoms with Crippen LogP contribution in [0.25, 0.3) is 22.3 Å². The second-order valence-electron chi connectivity index (χ2n) is 5.73. The first-order valence-corrected chi connectivity index (χ1v) is 7.82. The Morgan fingerprint density at radius 2 is 1.58 bits per heavy atom. The van der Waals surface area contributed by atoms with Gasteiger partial charge in [-0.1, -0.05) is 30.3 Å². The molecule has 0 fully saturated rings. The topological polar surface area (TPSA) is 54.9 Å². The van der Waals surface area contributed by atoms with Crippen LogP contribution < -0.4 is 5.32 Å². The van der Waals surface area contributed by atoms with Gasteiger partial charge in [0.15, 0.2) is 0 Å². The van der Waals surface area contributed by atoms with Crippen LogP contribution in [0.15, 0.2) is 54.7 Å². The number of anilines is 1. The molecule has 3 aromatic rings. The van der Waals surface area contributed by atoms with E-state index >= 15 is 0 Å². The van der Waals surface area contributed by atoms with E-state index in [1.165, 1.54) is 6.92 Å². The smallest absolute Gasteiger partial charge is 0.222 e. The van der Waals surface area contributed by atoms with Gasteiger partial charge >= 0.3 is 0 Å². The maximum absolute atomic E-state index is 11.2. The molecule has 24 heavy (non-hydrogen) atoms. The molecule has 0 atom stereocenters. The number of carbonyl (C=O) groups is 1. The third-order valence-corrected chi connectivity index (χ3v) is 3.86. The van der Waals surface area contributed by atoms with Crippen molar-refractivity contribution in [1.29, 1.82) is 0 Å². The largest absolute Gasteiger partial charge is 0.311 e. The predicted molar refractivity (Wildman–Crippen MR) is 96.7 cm³/mol. The molecular formula is C20H19N3O. The fourth-order valence-electron chi connectivity index (χ4n) is 2.77. The molecule has 0 aliphatic heterocycles. The van der Waals surface area contributed by atoms with Crippen molar-refractivity contribution in [3.8, 4) is 22.3 Å². The van der Waals surface area contributed by atoms with E-state index in [4.69, 9.17) is 4.98 Å². The molecule has 0 aliphatic carbocycles. The first kappa shape index (κ1) is 15.9. The van der Waals surface area contributed by atoms with Gasteiger partial charge in [-0.2, -0.15) is 0 Å². The van der Waals surface area contributed by atoms with Crippen LogP contribution in [-0.2, 0) is 4.79 Å². The molecule has 0 unspecified atom stereocenters. The molecule has 2 heterocycles. The van der Waals surface area contributed by atoms with Crippen molar-refractivity contribution in [2.75, 3.05) is 5.32 Å². The molecule has 2 aromatic heterocycles. The van der Waals surface area contributed by atoms with Crippen molar-refractivity contribution in [3.05, 3.63) is 66.1 Å². The molecule has 4 heteroatoms. The molecule has 0 saturated heterocycles. The van der Waals surface area contributed by atoms with Crippen molar-refractivity contribution in [2.45, 2.75) is 20.8 Å². The number of amides is 1. The number of nitrogens with zero attached hydrogens (tertiary/aromatic N) is 2. The third kappa shape index (κ3) is 3.33. The molecule has 0 spiro atoms. The van der Waals surface area contributed by atoms with E-state index in [0.717, 1.165) is 33.6 Å². The fraction of sp³-hybridized carbons (Fsp3) is 0.150. The lowest BCUT2D eigenvalue weighted by Gasteiger charge is -2.13. The van der Waals surface area contributed by atoms with Crippen molar-refractivity contribution in [3.63, 3.8) is 0 Å². The van der Waals surface area contributed by atoms with Gasteiger partial charge in [0.05, 0.1) is 0 Å². The molecule has 3 rings (SSSR count). The van der Waals surface area contributed by atoms with E-state index in [-0.39, 0.29) is 5.91 Å². The van der Waals surface area contributed by atoms with Crippen LogP contribution in [0.4, 0.5) is 5.82 Å². The highest BCUT2D eigenvalue weighted by molar-refractivity contribution is 5.88. The summed E-state index contributed by atoms with van der Waals surface area (Å²) in [5.41, 5.74) is 6.21. The van der Waals surface area contributed by atoms with Gasteiger partial charge in [-0.3, -0.25) is 9.78 Å². The molecule has 1 N–H and O–H groups in total. The number of rotatable bonds is 3. The highest BCUT2D eigenvalue weighted by Crippen LogP contribution is 2.30. The zero-order chi connectivity index (χ0) is 17.1. The van der Waals surface area contributed by atoms with Gasteiger partial charge in [0.25, 0.3) is 0 Å². The quantitative estimate of drug-likeness (QED) is 0.779. The van der Waals surface area contributed by atoms with E-state index in [1.54, 1.807) is 6.20 Å². The second-order valence-corrected chi connectivity index (χ2v) is 5.73. The lowest BCUT2D eigenvalue weighted by Crippen LogP contribution is -2.07. The maximum atomic E-state index is 11.2. The van der Waals surface area contributed by atoms with Gasteiger partial charge in [0.2, 0.25) is 5.91 Å². The Kier molecular flexibility index (Phi) is 4.38. The molecule has 4 nitrogen and oxygen atoms in total. The maximum Gasteiger partial charge on any atom is 0.222 e. The van der Waals surface area contributed by atoms with Gasteiger partial charge < -0.3 is 5.32 Å². The summed E-state index contributed by atoms with van der Waals surface area (Å²) in [5.74, 6) is 0.407. The summed E-state index contributed by atoms with van der Waals surface area (Å²) in [6.07, 6.45) is 1.70. The van der Waals surface area contributed by atoms with Crippen molar-refractivity contribution < 1.29 is 4.79 Å². The minimum atomic E-state index is -0.136. The van der Waals surface area contributed by atoms with Crippen LogP contribution in [0.3, 0.4) is 0 Å². The van der Waals surface area contributed by atoms with Gasteiger partial charge in [-0.25, -0.2) is 4.98 Å². The molecular weight excluding hydrogens is 298 g/mol. The summed E-state index contributed by atoms with van der Waals surface area (Å²) in [5, 5.41) is 2.72. The molecule has 120 valence electrons. The van der Waals surface area contributed by atoms with Crippen LogP contribution in [0.5, 0.6) is 0 Å². The number of pyridine rings is 2. The number of hydrogen-bond acceptors (Lipinski definition) is 3. The molecule has 1 aromatic carbocycles. The number of hydrogen-bond donors (Lipinski definition) is 1. The highest BCUT2D eigenvalue weighted by Gasteiger charge is 2.11. The Morgan fingerprint density at radius 3 is 2.25 bits per heavy atom. The van der Waals surface area contributed by atoms with Crippen molar-refractivity contribution in [1.82, 2.24) is 9.97 Å². The van der Waals surface area contributed by atoms with Crippen molar-refractivity contribution >= 4 is 11.7 Å². The molecule has 0 saturated carbocycles. The first-order chi connectivity index (χ1) is 11.5.